The molecule has 0 spiro atoms. The molecule has 1 aromatic heterocycles. The Balaban J connectivity index is 1.02. The maximum atomic E-state index is 14.1. The Kier molecular flexibility index (Phi) is 13.6. The van der Waals surface area contributed by atoms with Gasteiger partial charge in [-0.05, 0) is 77.1 Å². The number of amides is 3. The summed E-state index contributed by atoms with van der Waals surface area (Å²) in [5.41, 5.74) is 8.29. The first-order valence-corrected chi connectivity index (χ1v) is 20.6. The number of aromatic amines is 1. The number of para-hydroxylation sites is 1. The number of H-pyrrole nitrogens is 1. The minimum Gasteiger partial charge on any atom is -0.462 e. The lowest BCUT2D eigenvalue weighted by Gasteiger charge is -2.36. The van der Waals surface area contributed by atoms with Crippen LogP contribution >= 0.6 is 0 Å². The predicted octanol–water partition coefficient (Wildman–Crippen LogP) is 7.14. The van der Waals surface area contributed by atoms with Gasteiger partial charge in [0.2, 0.25) is 11.8 Å². The van der Waals surface area contributed by atoms with Gasteiger partial charge in [-0.15, -0.1) is 13.2 Å². The molecule has 7 rings (SSSR count). The third-order valence-corrected chi connectivity index (χ3v) is 11.6. The SMILES string of the molecule is C=CCC[C@H](NC(=O)OCC1c2ccccc2-c2ccccc21)C(=O)OC[C@H](Cc1c[nH]c2ccccc12)NC(=O)[C@H](CC=C)CC(=O)N1Cc2ccccc2C[C@H]1CO. The molecular weight excluding hydrogens is 757 g/mol. The van der Waals surface area contributed by atoms with Crippen molar-refractivity contribution >= 4 is 34.8 Å². The van der Waals surface area contributed by atoms with Crippen LogP contribution in [0.4, 0.5) is 4.79 Å². The number of esters is 1. The number of hydrogen-bond donors (Lipinski definition) is 4. The minimum absolute atomic E-state index is 0.0852. The second kappa shape index (κ2) is 19.5. The van der Waals surface area contributed by atoms with Crippen molar-refractivity contribution in [3.8, 4) is 11.1 Å². The van der Waals surface area contributed by atoms with E-state index in [-0.39, 0.29) is 56.8 Å². The second-order valence-corrected chi connectivity index (χ2v) is 15.5. The van der Waals surface area contributed by atoms with Crippen LogP contribution in [0.15, 0.2) is 129 Å². The van der Waals surface area contributed by atoms with Gasteiger partial charge in [-0.3, -0.25) is 9.59 Å². The van der Waals surface area contributed by atoms with Crippen molar-refractivity contribution in [3.05, 3.63) is 156 Å². The normalized spacial score (nSPS) is 15.8. The zero-order valence-corrected chi connectivity index (χ0v) is 33.7. The van der Waals surface area contributed by atoms with Gasteiger partial charge < -0.3 is 35.1 Å². The number of nitrogens with one attached hydrogen (secondary N) is 3. The number of nitrogens with zero attached hydrogens (tertiary/aromatic N) is 1. The quantitative estimate of drug-likeness (QED) is 0.0543. The first-order valence-electron chi connectivity index (χ1n) is 20.6. The molecule has 4 aromatic carbocycles. The monoisotopic (exact) mass is 808 g/mol. The first kappa shape index (κ1) is 41.7. The molecular formula is C49H52N4O7. The van der Waals surface area contributed by atoms with Crippen LogP contribution in [0.1, 0.15) is 59.4 Å². The summed E-state index contributed by atoms with van der Waals surface area (Å²) >= 11 is 0. The standard InChI is InChI=1S/C49H52N4O7/c1-3-5-22-45(52-49(58)60-31-43-41-20-10-8-18-39(41)40-19-9-11-21-42(40)43)48(57)59-30-36(24-35-27-50-44-23-13-12-17-38(35)44)51-47(56)33(14-4-2)26-46(55)53-28-34-16-7-6-15-32(34)25-37(53)29-54/h3-4,6-13,15-21,23,27,33,36-37,43,45,50,54H,1-2,5,14,22,24-26,28-31H2,(H,51,56)(H,52,58)/t33-,36+,37+,45+/m1/s1. The summed E-state index contributed by atoms with van der Waals surface area (Å²) in [6, 6.07) is 29.6. The van der Waals surface area contributed by atoms with Crippen molar-refractivity contribution in [1.82, 2.24) is 20.5 Å². The Morgan fingerprint density at radius 3 is 2.25 bits per heavy atom. The van der Waals surface area contributed by atoms with E-state index in [1.54, 1.807) is 17.1 Å². The van der Waals surface area contributed by atoms with Gasteiger partial charge in [-0.25, -0.2) is 9.59 Å². The molecule has 3 amide bonds. The van der Waals surface area contributed by atoms with Crippen molar-refractivity contribution < 1.29 is 33.8 Å². The van der Waals surface area contributed by atoms with Crippen LogP contribution in [0.3, 0.4) is 0 Å². The first-order chi connectivity index (χ1) is 29.3. The summed E-state index contributed by atoms with van der Waals surface area (Å²) in [6.45, 7) is 7.67. The maximum Gasteiger partial charge on any atom is 0.407 e. The zero-order valence-electron chi connectivity index (χ0n) is 33.7. The van der Waals surface area contributed by atoms with Crippen LogP contribution in [0.5, 0.6) is 0 Å². The second-order valence-electron chi connectivity index (χ2n) is 15.5. The lowest BCUT2D eigenvalue weighted by molar-refractivity contribution is -0.147. The number of carbonyl (C=O) groups excluding carboxylic acids is 4. The number of aliphatic hydroxyl groups excluding tert-OH is 1. The number of alkyl carbamates (subject to hydrolysis) is 1. The fraction of sp³-hybridized carbons (Fsp3) is 0.306. The van der Waals surface area contributed by atoms with Gasteiger partial charge in [0.05, 0.1) is 24.6 Å². The number of rotatable bonds is 18. The highest BCUT2D eigenvalue weighted by Crippen LogP contribution is 2.44. The molecule has 310 valence electrons. The van der Waals surface area contributed by atoms with E-state index in [4.69, 9.17) is 9.47 Å². The number of benzene rings is 4. The number of carbonyl (C=O) groups is 4. The summed E-state index contributed by atoms with van der Waals surface area (Å²) < 4.78 is 11.6. The van der Waals surface area contributed by atoms with Crippen LogP contribution in [-0.4, -0.2) is 76.8 Å². The molecule has 0 fully saturated rings. The van der Waals surface area contributed by atoms with E-state index in [0.717, 1.165) is 49.8 Å². The van der Waals surface area contributed by atoms with Gasteiger partial charge in [0.25, 0.3) is 0 Å². The van der Waals surface area contributed by atoms with Crippen molar-refractivity contribution in [2.24, 2.45) is 5.92 Å². The molecule has 60 heavy (non-hydrogen) atoms. The molecule has 5 aromatic rings. The van der Waals surface area contributed by atoms with Crippen LogP contribution in [0.25, 0.3) is 22.0 Å². The van der Waals surface area contributed by atoms with Crippen LogP contribution < -0.4 is 10.6 Å². The van der Waals surface area contributed by atoms with Gasteiger partial charge in [-0.2, -0.15) is 0 Å². The average molecular weight is 809 g/mol. The highest BCUT2D eigenvalue weighted by molar-refractivity contribution is 5.87. The Morgan fingerprint density at radius 1 is 0.850 bits per heavy atom. The van der Waals surface area contributed by atoms with Crippen molar-refractivity contribution in [2.45, 2.75) is 69.1 Å². The van der Waals surface area contributed by atoms with Gasteiger partial charge in [0, 0.05) is 36.0 Å². The van der Waals surface area contributed by atoms with E-state index in [2.05, 4.69) is 40.9 Å². The van der Waals surface area contributed by atoms with Gasteiger partial charge in [-0.1, -0.05) is 103 Å². The van der Waals surface area contributed by atoms with Crippen molar-refractivity contribution in [2.75, 3.05) is 19.8 Å². The van der Waals surface area contributed by atoms with Crippen LogP contribution in [0.2, 0.25) is 0 Å². The van der Waals surface area contributed by atoms with Crippen LogP contribution in [-0.2, 0) is 43.2 Å². The van der Waals surface area contributed by atoms with E-state index in [9.17, 15) is 24.3 Å². The van der Waals surface area contributed by atoms with E-state index in [1.165, 1.54) is 0 Å². The fourth-order valence-electron chi connectivity index (χ4n) is 8.49. The number of aromatic nitrogens is 1. The molecule has 11 heteroatoms. The van der Waals surface area contributed by atoms with Crippen molar-refractivity contribution in [1.29, 1.82) is 0 Å². The zero-order chi connectivity index (χ0) is 42.0. The van der Waals surface area contributed by atoms with E-state index >= 15 is 0 Å². The predicted molar refractivity (Wildman–Crippen MR) is 231 cm³/mol. The highest BCUT2D eigenvalue weighted by Gasteiger charge is 2.34. The molecule has 4 N–H and O–H groups in total. The number of hydrogen-bond acceptors (Lipinski definition) is 7. The van der Waals surface area contributed by atoms with Gasteiger partial charge >= 0.3 is 12.1 Å². The molecule has 11 nitrogen and oxygen atoms in total. The lowest BCUT2D eigenvalue weighted by atomic mass is 9.92. The smallest absolute Gasteiger partial charge is 0.407 e. The Labute approximate surface area is 350 Å². The van der Waals surface area contributed by atoms with E-state index < -0.39 is 36.1 Å². The van der Waals surface area contributed by atoms with Gasteiger partial charge in [0.1, 0.15) is 19.3 Å². The molecule has 0 saturated heterocycles. The van der Waals surface area contributed by atoms with Crippen molar-refractivity contribution in [3.63, 3.8) is 0 Å². The van der Waals surface area contributed by atoms with E-state index in [0.29, 0.717) is 25.8 Å². The molecule has 2 heterocycles. The molecule has 2 aliphatic rings. The Hall–Kier alpha value is -6.46. The number of ether oxygens (including phenoxy) is 2. The van der Waals surface area contributed by atoms with Crippen LogP contribution in [0, 0.1) is 5.92 Å². The number of allylic oxidation sites excluding steroid dienone is 2. The molecule has 0 radical (unpaired) electrons. The molecule has 4 atom stereocenters. The Bertz CT molecular complexity index is 2310. The third kappa shape index (κ3) is 9.53. The summed E-state index contributed by atoms with van der Waals surface area (Å²) in [5.74, 6) is -2.22. The number of aliphatic hydroxyl groups is 1. The molecule has 0 bridgehead atoms. The lowest BCUT2D eigenvalue weighted by Crippen LogP contribution is -2.49. The topological polar surface area (TPSA) is 150 Å². The van der Waals surface area contributed by atoms with E-state index in [1.807, 2.05) is 91.1 Å². The van der Waals surface area contributed by atoms with Gasteiger partial charge in [0.15, 0.2) is 0 Å². The molecule has 0 unspecified atom stereocenters. The summed E-state index contributed by atoms with van der Waals surface area (Å²) in [7, 11) is 0. The maximum absolute atomic E-state index is 14.1. The largest absolute Gasteiger partial charge is 0.462 e. The number of fused-ring (bicyclic) bond motifs is 5. The Morgan fingerprint density at radius 2 is 1.53 bits per heavy atom. The summed E-state index contributed by atoms with van der Waals surface area (Å²) in [4.78, 5) is 59.9. The summed E-state index contributed by atoms with van der Waals surface area (Å²) in [5, 5.41) is 17.0. The average Bonchev–Trinajstić information content (AvgIpc) is 3.83. The fourth-order valence-corrected chi connectivity index (χ4v) is 8.49. The molecule has 0 saturated carbocycles. The summed E-state index contributed by atoms with van der Waals surface area (Å²) in [6.07, 6.45) is 6.02. The highest BCUT2D eigenvalue weighted by atomic mass is 16.6. The molecule has 1 aliphatic carbocycles. The molecule has 1 aliphatic heterocycles. The third-order valence-electron chi connectivity index (χ3n) is 11.6. The minimum atomic E-state index is -1.04.